The van der Waals surface area contributed by atoms with E-state index in [1.165, 1.54) is 27.9 Å². The minimum atomic E-state index is 0.601. The van der Waals surface area contributed by atoms with E-state index in [2.05, 4.69) is 68.1 Å². The van der Waals surface area contributed by atoms with Gasteiger partial charge in [-0.1, -0.05) is 30.3 Å². The summed E-state index contributed by atoms with van der Waals surface area (Å²) in [4.78, 5) is 2.40. The van der Waals surface area contributed by atoms with Gasteiger partial charge < -0.3 is 10.6 Å². The fourth-order valence-corrected chi connectivity index (χ4v) is 2.52. The monoisotopic (exact) mass is 268 g/mol. The van der Waals surface area contributed by atoms with Crippen LogP contribution < -0.4 is 10.6 Å². The van der Waals surface area contributed by atoms with Gasteiger partial charge in [0.1, 0.15) is 0 Å². The quantitative estimate of drug-likeness (QED) is 0.894. The molecule has 0 radical (unpaired) electrons. The molecule has 2 heteroatoms. The maximum Gasteiger partial charge on any atom is 0.0434 e. The molecule has 2 nitrogen and oxygen atoms in total. The molecule has 0 saturated heterocycles. The van der Waals surface area contributed by atoms with Crippen LogP contribution in [0.4, 0.5) is 5.69 Å². The first-order chi connectivity index (χ1) is 9.65. The third kappa shape index (κ3) is 3.20. The molecule has 2 rings (SSSR count). The number of aryl methyl sites for hydroxylation is 2. The topological polar surface area (TPSA) is 29.3 Å². The number of nitrogens with two attached hydrogens (primary N) is 1. The third-order valence-electron chi connectivity index (χ3n) is 3.91. The molecule has 0 heterocycles. The average Bonchev–Trinajstić information content (AvgIpc) is 2.47. The second-order valence-electron chi connectivity index (χ2n) is 5.26. The molecule has 0 fully saturated rings. The van der Waals surface area contributed by atoms with E-state index in [0.29, 0.717) is 6.54 Å². The van der Waals surface area contributed by atoms with Crippen LogP contribution in [-0.2, 0) is 13.1 Å². The van der Waals surface area contributed by atoms with E-state index in [1.54, 1.807) is 0 Å². The summed E-state index contributed by atoms with van der Waals surface area (Å²) in [5.74, 6) is 0. The largest absolute Gasteiger partial charge is 0.367 e. The molecule has 2 aromatic rings. The fourth-order valence-electron chi connectivity index (χ4n) is 2.52. The first-order valence-corrected chi connectivity index (χ1v) is 7.24. The van der Waals surface area contributed by atoms with Crippen molar-refractivity contribution in [1.82, 2.24) is 0 Å². The molecular weight excluding hydrogens is 244 g/mol. The summed E-state index contributed by atoms with van der Waals surface area (Å²) in [5, 5.41) is 0. The highest BCUT2D eigenvalue weighted by Crippen LogP contribution is 2.21. The first kappa shape index (κ1) is 14.6. The van der Waals surface area contributed by atoms with Crippen molar-refractivity contribution < 1.29 is 0 Å². The molecule has 0 saturated carbocycles. The van der Waals surface area contributed by atoms with E-state index in [0.717, 1.165) is 13.1 Å². The third-order valence-corrected chi connectivity index (χ3v) is 3.91. The number of hydrogen-bond acceptors (Lipinski definition) is 2. The van der Waals surface area contributed by atoms with Crippen LogP contribution in [0.15, 0.2) is 42.5 Å². The standard InChI is InChI=1S/C18H24N2/c1-4-20(17-10-8-16(12-19)9-11-17)13-18-14(2)6-5-7-15(18)3/h5-11H,4,12-13,19H2,1-3H3. The summed E-state index contributed by atoms with van der Waals surface area (Å²) in [6, 6.07) is 15.1. The van der Waals surface area contributed by atoms with Gasteiger partial charge in [0.25, 0.3) is 0 Å². The van der Waals surface area contributed by atoms with Gasteiger partial charge in [0.15, 0.2) is 0 Å². The normalized spacial score (nSPS) is 10.6. The van der Waals surface area contributed by atoms with Crippen molar-refractivity contribution in [2.45, 2.75) is 33.9 Å². The van der Waals surface area contributed by atoms with E-state index in [1.807, 2.05) is 0 Å². The van der Waals surface area contributed by atoms with Crippen molar-refractivity contribution in [3.8, 4) is 0 Å². The Bertz CT molecular complexity index is 538. The van der Waals surface area contributed by atoms with Gasteiger partial charge in [-0.05, 0) is 55.2 Å². The van der Waals surface area contributed by atoms with E-state index in [9.17, 15) is 0 Å². The zero-order valence-electron chi connectivity index (χ0n) is 12.7. The Kier molecular flexibility index (Phi) is 4.80. The summed E-state index contributed by atoms with van der Waals surface area (Å²) in [7, 11) is 0. The Balaban J connectivity index is 2.24. The van der Waals surface area contributed by atoms with Gasteiger partial charge in [-0.15, -0.1) is 0 Å². The smallest absolute Gasteiger partial charge is 0.0434 e. The molecule has 2 aromatic carbocycles. The predicted octanol–water partition coefficient (Wildman–Crippen LogP) is 3.79. The van der Waals surface area contributed by atoms with E-state index in [4.69, 9.17) is 5.73 Å². The second-order valence-corrected chi connectivity index (χ2v) is 5.26. The number of benzene rings is 2. The van der Waals surface area contributed by atoms with Gasteiger partial charge in [-0.2, -0.15) is 0 Å². The molecule has 0 amide bonds. The Labute approximate surface area is 122 Å². The van der Waals surface area contributed by atoms with Crippen molar-refractivity contribution in [2.75, 3.05) is 11.4 Å². The van der Waals surface area contributed by atoms with Crippen LogP contribution in [0, 0.1) is 13.8 Å². The Hall–Kier alpha value is -1.80. The molecule has 0 spiro atoms. The van der Waals surface area contributed by atoms with Gasteiger partial charge in [0.2, 0.25) is 0 Å². The number of rotatable bonds is 5. The highest BCUT2D eigenvalue weighted by atomic mass is 15.1. The van der Waals surface area contributed by atoms with Crippen LogP contribution in [0.1, 0.15) is 29.2 Å². The molecule has 0 unspecified atom stereocenters. The van der Waals surface area contributed by atoms with Gasteiger partial charge in [0, 0.05) is 25.3 Å². The van der Waals surface area contributed by atoms with Gasteiger partial charge >= 0.3 is 0 Å². The van der Waals surface area contributed by atoms with Gasteiger partial charge in [-0.25, -0.2) is 0 Å². The summed E-state index contributed by atoms with van der Waals surface area (Å²) >= 11 is 0. The molecule has 0 aliphatic rings. The zero-order chi connectivity index (χ0) is 14.5. The maximum absolute atomic E-state index is 5.66. The molecule has 0 aliphatic heterocycles. The first-order valence-electron chi connectivity index (χ1n) is 7.24. The zero-order valence-corrected chi connectivity index (χ0v) is 12.7. The minimum absolute atomic E-state index is 0.601. The molecule has 0 atom stereocenters. The van der Waals surface area contributed by atoms with Crippen LogP contribution >= 0.6 is 0 Å². The maximum atomic E-state index is 5.66. The van der Waals surface area contributed by atoms with Crippen molar-refractivity contribution >= 4 is 5.69 Å². The van der Waals surface area contributed by atoms with Crippen LogP contribution in [-0.4, -0.2) is 6.54 Å². The lowest BCUT2D eigenvalue weighted by molar-refractivity contribution is 0.821. The lowest BCUT2D eigenvalue weighted by Crippen LogP contribution is -2.23. The molecule has 20 heavy (non-hydrogen) atoms. The lowest BCUT2D eigenvalue weighted by Gasteiger charge is -2.25. The van der Waals surface area contributed by atoms with Crippen LogP contribution in [0.2, 0.25) is 0 Å². The highest BCUT2D eigenvalue weighted by Gasteiger charge is 2.09. The van der Waals surface area contributed by atoms with Crippen molar-refractivity contribution in [3.05, 3.63) is 64.7 Å². The Morgan fingerprint density at radius 2 is 1.55 bits per heavy atom. The fraction of sp³-hybridized carbons (Fsp3) is 0.333. The second kappa shape index (κ2) is 6.58. The molecule has 0 aromatic heterocycles. The molecule has 0 bridgehead atoms. The minimum Gasteiger partial charge on any atom is -0.367 e. The van der Waals surface area contributed by atoms with Crippen molar-refractivity contribution in [3.63, 3.8) is 0 Å². The summed E-state index contributed by atoms with van der Waals surface area (Å²) in [6.07, 6.45) is 0. The Morgan fingerprint density at radius 1 is 0.950 bits per heavy atom. The predicted molar refractivity (Wildman–Crippen MR) is 87.0 cm³/mol. The molecule has 2 N–H and O–H groups in total. The molecule has 0 aliphatic carbocycles. The molecule has 106 valence electrons. The number of hydrogen-bond donors (Lipinski definition) is 1. The average molecular weight is 268 g/mol. The van der Waals surface area contributed by atoms with E-state index in [-0.39, 0.29) is 0 Å². The van der Waals surface area contributed by atoms with E-state index >= 15 is 0 Å². The molecular formula is C18H24N2. The number of anilines is 1. The van der Waals surface area contributed by atoms with Crippen LogP contribution in [0.25, 0.3) is 0 Å². The van der Waals surface area contributed by atoms with Crippen molar-refractivity contribution in [2.24, 2.45) is 5.73 Å². The van der Waals surface area contributed by atoms with Gasteiger partial charge in [-0.3, -0.25) is 0 Å². The highest BCUT2D eigenvalue weighted by molar-refractivity contribution is 5.49. The van der Waals surface area contributed by atoms with Crippen molar-refractivity contribution in [1.29, 1.82) is 0 Å². The Morgan fingerprint density at radius 3 is 2.05 bits per heavy atom. The van der Waals surface area contributed by atoms with Gasteiger partial charge in [0.05, 0.1) is 0 Å². The SMILES string of the molecule is CCN(Cc1c(C)cccc1C)c1ccc(CN)cc1. The lowest BCUT2D eigenvalue weighted by atomic mass is 10.0. The number of nitrogens with zero attached hydrogens (tertiary/aromatic N) is 1. The van der Waals surface area contributed by atoms with Crippen LogP contribution in [0.5, 0.6) is 0 Å². The van der Waals surface area contributed by atoms with Crippen LogP contribution in [0.3, 0.4) is 0 Å². The summed E-state index contributed by atoms with van der Waals surface area (Å²) in [6.45, 7) is 9.13. The summed E-state index contributed by atoms with van der Waals surface area (Å²) in [5.41, 5.74) is 12.2. The summed E-state index contributed by atoms with van der Waals surface area (Å²) < 4.78 is 0. The van der Waals surface area contributed by atoms with E-state index < -0.39 is 0 Å².